The van der Waals surface area contributed by atoms with Gasteiger partial charge >= 0.3 is 5.97 Å². The molecule has 1 fully saturated rings. The quantitative estimate of drug-likeness (QED) is 0.894. The van der Waals surface area contributed by atoms with Crippen molar-refractivity contribution in [3.8, 4) is 0 Å². The molecule has 0 aliphatic carbocycles. The molecule has 5 nitrogen and oxygen atoms in total. The number of hydrogen-bond acceptors (Lipinski definition) is 3. The van der Waals surface area contributed by atoms with Gasteiger partial charge in [0.15, 0.2) is 0 Å². The van der Waals surface area contributed by atoms with Crippen molar-refractivity contribution in [3.63, 3.8) is 0 Å². The summed E-state index contributed by atoms with van der Waals surface area (Å²) in [5.41, 5.74) is 1.77. The van der Waals surface area contributed by atoms with Crippen molar-refractivity contribution in [2.24, 2.45) is 0 Å². The van der Waals surface area contributed by atoms with Crippen LogP contribution >= 0.6 is 15.9 Å². The number of likely N-dealkylation sites (N-methyl/N-ethyl adjacent to an activating group) is 1. The standard InChI is InChI=1S/C13H15BrN2O3/c1-8-5-9(3-4-10(8)14)16-7-12(17)15(2)6-11(16)13(18)19/h3-5,11H,6-7H2,1-2H3,(H,18,19). The zero-order chi connectivity index (χ0) is 14.2. The normalized spacial score (nSPS) is 19.7. The molecule has 19 heavy (non-hydrogen) atoms. The number of anilines is 1. The highest BCUT2D eigenvalue weighted by Gasteiger charge is 2.35. The van der Waals surface area contributed by atoms with Gasteiger partial charge in [0.1, 0.15) is 6.04 Å². The van der Waals surface area contributed by atoms with Gasteiger partial charge in [-0.2, -0.15) is 0 Å². The maximum atomic E-state index is 11.8. The van der Waals surface area contributed by atoms with E-state index in [1.165, 1.54) is 4.90 Å². The molecule has 1 unspecified atom stereocenters. The van der Waals surface area contributed by atoms with Crippen molar-refractivity contribution in [2.45, 2.75) is 13.0 Å². The van der Waals surface area contributed by atoms with Gasteiger partial charge in [-0.15, -0.1) is 0 Å². The number of carbonyl (C=O) groups is 2. The van der Waals surface area contributed by atoms with Crippen molar-refractivity contribution < 1.29 is 14.7 Å². The minimum Gasteiger partial charge on any atom is -0.480 e. The Morgan fingerprint density at radius 1 is 1.47 bits per heavy atom. The van der Waals surface area contributed by atoms with Crippen molar-refractivity contribution in [1.29, 1.82) is 0 Å². The van der Waals surface area contributed by atoms with Crippen molar-refractivity contribution >= 4 is 33.5 Å². The molecule has 0 saturated carbocycles. The van der Waals surface area contributed by atoms with Crippen LogP contribution in [0.4, 0.5) is 5.69 Å². The van der Waals surface area contributed by atoms with Crippen LogP contribution in [0.25, 0.3) is 0 Å². The van der Waals surface area contributed by atoms with E-state index in [1.807, 2.05) is 25.1 Å². The Bertz CT molecular complexity index is 533. The number of halogens is 1. The number of benzene rings is 1. The summed E-state index contributed by atoms with van der Waals surface area (Å²) in [7, 11) is 1.63. The van der Waals surface area contributed by atoms with Gasteiger partial charge in [-0.05, 0) is 30.7 Å². The van der Waals surface area contributed by atoms with Gasteiger partial charge in [-0.1, -0.05) is 15.9 Å². The second kappa shape index (κ2) is 5.21. The molecule has 1 heterocycles. The number of nitrogens with zero attached hydrogens (tertiary/aromatic N) is 2. The first kappa shape index (κ1) is 13.9. The monoisotopic (exact) mass is 326 g/mol. The molecular weight excluding hydrogens is 312 g/mol. The molecule has 0 bridgehead atoms. The van der Waals surface area contributed by atoms with E-state index in [0.29, 0.717) is 0 Å². The van der Waals surface area contributed by atoms with Crippen LogP contribution in [0, 0.1) is 6.92 Å². The average Bonchev–Trinajstić information content (AvgIpc) is 2.35. The first-order valence-electron chi connectivity index (χ1n) is 5.89. The zero-order valence-electron chi connectivity index (χ0n) is 10.8. The number of amides is 1. The SMILES string of the molecule is Cc1cc(N2CC(=O)N(C)CC2C(=O)O)ccc1Br. The fraction of sp³-hybridized carbons (Fsp3) is 0.385. The number of carboxylic acids is 1. The van der Waals surface area contributed by atoms with Gasteiger partial charge in [-0.3, -0.25) is 4.79 Å². The van der Waals surface area contributed by atoms with Gasteiger partial charge in [0.25, 0.3) is 0 Å². The van der Waals surface area contributed by atoms with E-state index in [0.717, 1.165) is 15.7 Å². The van der Waals surface area contributed by atoms with Crippen molar-refractivity contribution in [2.75, 3.05) is 25.0 Å². The van der Waals surface area contributed by atoms with E-state index >= 15 is 0 Å². The highest BCUT2D eigenvalue weighted by atomic mass is 79.9. The topological polar surface area (TPSA) is 60.9 Å². The third kappa shape index (κ3) is 2.73. The molecule has 1 N–H and O–H groups in total. The second-order valence-corrected chi connectivity index (χ2v) is 5.54. The van der Waals surface area contributed by atoms with Gasteiger partial charge in [0.2, 0.25) is 5.91 Å². The third-order valence-corrected chi connectivity index (χ3v) is 4.20. The molecule has 1 aliphatic heterocycles. The molecule has 1 saturated heterocycles. The minimum atomic E-state index is -0.917. The van der Waals surface area contributed by atoms with E-state index in [4.69, 9.17) is 0 Å². The molecule has 0 aromatic heterocycles. The molecule has 0 radical (unpaired) electrons. The summed E-state index contributed by atoms with van der Waals surface area (Å²) in [6, 6.07) is 4.87. The highest BCUT2D eigenvalue weighted by molar-refractivity contribution is 9.10. The van der Waals surface area contributed by atoms with Crippen LogP contribution in [0.5, 0.6) is 0 Å². The predicted molar refractivity (Wildman–Crippen MR) is 75.3 cm³/mol. The molecule has 1 aliphatic rings. The van der Waals surface area contributed by atoms with E-state index in [2.05, 4.69) is 15.9 Å². The smallest absolute Gasteiger partial charge is 0.328 e. The summed E-state index contributed by atoms with van der Waals surface area (Å²) in [5, 5.41) is 9.31. The van der Waals surface area contributed by atoms with Crippen LogP contribution in [-0.2, 0) is 9.59 Å². The summed E-state index contributed by atoms with van der Waals surface area (Å²) in [6.07, 6.45) is 0. The van der Waals surface area contributed by atoms with E-state index < -0.39 is 12.0 Å². The number of hydrogen-bond donors (Lipinski definition) is 1. The Morgan fingerprint density at radius 2 is 2.16 bits per heavy atom. The maximum Gasteiger partial charge on any atom is 0.328 e. The molecule has 1 aromatic carbocycles. The predicted octanol–water partition coefficient (Wildman–Crippen LogP) is 1.49. The largest absolute Gasteiger partial charge is 0.480 e. The Labute approximate surface area is 119 Å². The van der Waals surface area contributed by atoms with Crippen LogP contribution in [-0.4, -0.2) is 48.1 Å². The summed E-state index contributed by atoms with van der Waals surface area (Å²) in [5.74, 6) is -0.988. The summed E-state index contributed by atoms with van der Waals surface area (Å²) in [4.78, 5) is 26.2. The highest BCUT2D eigenvalue weighted by Crippen LogP contribution is 2.26. The lowest BCUT2D eigenvalue weighted by atomic mass is 10.1. The first-order valence-corrected chi connectivity index (χ1v) is 6.69. The minimum absolute atomic E-state index is 0.0712. The van der Waals surface area contributed by atoms with Crippen LogP contribution in [0.1, 0.15) is 5.56 Å². The maximum absolute atomic E-state index is 11.8. The Hall–Kier alpha value is -1.56. The van der Waals surface area contributed by atoms with Crippen LogP contribution in [0.15, 0.2) is 22.7 Å². The van der Waals surface area contributed by atoms with Crippen molar-refractivity contribution in [3.05, 3.63) is 28.2 Å². The van der Waals surface area contributed by atoms with Gasteiger partial charge in [0, 0.05) is 17.2 Å². The molecule has 2 rings (SSSR count). The number of aliphatic carboxylic acids is 1. The van der Waals surface area contributed by atoms with Crippen LogP contribution in [0.2, 0.25) is 0 Å². The molecule has 1 amide bonds. The number of rotatable bonds is 2. The lowest BCUT2D eigenvalue weighted by molar-refractivity contribution is -0.141. The third-order valence-electron chi connectivity index (χ3n) is 3.31. The second-order valence-electron chi connectivity index (χ2n) is 4.69. The lowest BCUT2D eigenvalue weighted by Gasteiger charge is -2.38. The van der Waals surface area contributed by atoms with E-state index in [9.17, 15) is 14.7 Å². The molecule has 1 aromatic rings. The lowest BCUT2D eigenvalue weighted by Crippen LogP contribution is -2.58. The van der Waals surface area contributed by atoms with Crippen molar-refractivity contribution in [1.82, 2.24) is 4.90 Å². The molecule has 102 valence electrons. The van der Waals surface area contributed by atoms with Gasteiger partial charge in [0.05, 0.1) is 13.1 Å². The van der Waals surface area contributed by atoms with Crippen LogP contribution < -0.4 is 4.90 Å². The van der Waals surface area contributed by atoms with Gasteiger partial charge < -0.3 is 14.9 Å². The summed E-state index contributed by atoms with van der Waals surface area (Å²) >= 11 is 3.41. The average molecular weight is 327 g/mol. The Kier molecular flexibility index (Phi) is 3.80. The molecule has 1 atom stereocenters. The summed E-state index contributed by atoms with van der Waals surface area (Å²) < 4.78 is 0.962. The fourth-order valence-electron chi connectivity index (χ4n) is 2.13. The Morgan fingerprint density at radius 3 is 2.74 bits per heavy atom. The Balaban J connectivity index is 2.36. The summed E-state index contributed by atoms with van der Waals surface area (Å²) in [6.45, 7) is 2.22. The van der Waals surface area contributed by atoms with Gasteiger partial charge in [-0.25, -0.2) is 4.79 Å². The van der Waals surface area contributed by atoms with E-state index in [-0.39, 0.29) is 19.0 Å². The first-order chi connectivity index (χ1) is 8.90. The zero-order valence-corrected chi connectivity index (χ0v) is 12.3. The number of aryl methyl sites for hydroxylation is 1. The van der Waals surface area contributed by atoms with E-state index in [1.54, 1.807) is 11.9 Å². The molecule has 6 heteroatoms. The number of carbonyl (C=O) groups excluding carboxylic acids is 1. The molecular formula is C13H15BrN2O3. The molecule has 0 spiro atoms. The fourth-order valence-corrected chi connectivity index (χ4v) is 2.37. The number of carboxylic acid groups (broad SMARTS) is 1. The van der Waals surface area contributed by atoms with Crippen LogP contribution in [0.3, 0.4) is 0 Å². The number of piperazine rings is 1.